The smallest absolute Gasteiger partial charge is 0.227 e. The van der Waals surface area contributed by atoms with Gasteiger partial charge in [-0.3, -0.25) is 9.59 Å². The lowest BCUT2D eigenvalue weighted by atomic mass is 9.91. The first kappa shape index (κ1) is 25.1. The first-order chi connectivity index (χ1) is 19.2. The maximum absolute atomic E-state index is 12.8. The van der Waals surface area contributed by atoms with Crippen molar-refractivity contribution in [3.05, 3.63) is 108 Å². The van der Waals surface area contributed by atoms with Gasteiger partial charge < -0.3 is 9.80 Å². The number of aldehydes is 1. The number of nitrogens with zero attached hydrogens (tertiary/aromatic N) is 2. The van der Waals surface area contributed by atoms with E-state index in [9.17, 15) is 9.59 Å². The van der Waals surface area contributed by atoms with Gasteiger partial charge in [-0.15, -0.1) is 0 Å². The van der Waals surface area contributed by atoms with Crippen molar-refractivity contribution in [1.29, 1.82) is 0 Å². The molecule has 39 heavy (non-hydrogen) atoms. The highest BCUT2D eigenvalue weighted by Gasteiger charge is 2.27. The molecule has 4 aromatic carbocycles. The van der Waals surface area contributed by atoms with E-state index >= 15 is 0 Å². The van der Waals surface area contributed by atoms with Gasteiger partial charge in [0.2, 0.25) is 5.91 Å². The summed E-state index contributed by atoms with van der Waals surface area (Å²) in [6.07, 6.45) is 5.28. The van der Waals surface area contributed by atoms with Crippen LogP contribution in [0, 0.1) is 5.92 Å². The van der Waals surface area contributed by atoms with Crippen molar-refractivity contribution < 1.29 is 9.59 Å². The standard InChI is InChI=1S/C35H34N2O2/c38-25-30-9-6-12-34-32(30)17-18-35(39)37(34)24-21-26-19-22-36(23-20-26)33-11-5-4-10-31(33)29-15-13-28(14-16-29)27-7-2-1-3-8-27/h1-16,25-26H,17-24H2. The van der Waals surface area contributed by atoms with Gasteiger partial charge in [-0.1, -0.05) is 84.9 Å². The molecule has 0 bridgehead atoms. The fourth-order valence-corrected chi connectivity index (χ4v) is 6.21. The Balaban J connectivity index is 1.11. The van der Waals surface area contributed by atoms with Crippen LogP contribution in [0.4, 0.5) is 11.4 Å². The monoisotopic (exact) mass is 514 g/mol. The van der Waals surface area contributed by atoms with Gasteiger partial charge in [0.15, 0.2) is 0 Å². The van der Waals surface area contributed by atoms with Crippen LogP contribution in [0.1, 0.15) is 41.6 Å². The summed E-state index contributed by atoms with van der Waals surface area (Å²) in [5.74, 6) is 0.765. The van der Waals surface area contributed by atoms with E-state index < -0.39 is 0 Å². The molecule has 0 N–H and O–H groups in total. The minimum absolute atomic E-state index is 0.176. The zero-order chi connectivity index (χ0) is 26.6. The number of piperidine rings is 1. The predicted molar refractivity (Wildman–Crippen MR) is 159 cm³/mol. The van der Waals surface area contributed by atoms with E-state index in [0.717, 1.165) is 56.4 Å². The van der Waals surface area contributed by atoms with Crippen LogP contribution in [0.15, 0.2) is 97.1 Å². The van der Waals surface area contributed by atoms with Crippen LogP contribution in [0.3, 0.4) is 0 Å². The van der Waals surface area contributed by atoms with Gasteiger partial charge in [-0.05, 0) is 66.0 Å². The van der Waals surface area contributed by atoms with Gasteiger partial charge in [-0.2, -0.15) is 0 Å². The fourth-order valence-electron chi connectivity index (χ4n) is 6.21. The number of amides is 1. The van der Waals surface area contributed by atoms with E-state index in [-0.39, 0.29) is 5.91 Å². The first-order valence-corrected chi connectivity index (χ1v) is 14.1. The van der Waals surface area contributed by atoms with Crippen molar-refractivity contribution >= 4 is 23.6 Å². The zero-order valence-electron chi connectivity index (χ0n) is 22.3. The van der Waals surface area contributed by atoms with Crippen molar-refractivity contribution in [2.45, 2.75) is 32.1 Å². The van der Waals surface area contributed by atoms with Crippen molar-refractivity contribution in [3.63, 3.8) is 0 Å². The summed E-state index contributed by atoms with van der Waals surface area (Å²) in [4.78, 5) is 28.7. The average molecular weight is 515 g/mol. The summed E-state index contributed by atoms with van der Waals surface area (Å²) in [5.41, 5.74) is 8.95. The predicted octanol–water partition coefficient (Wildman–Crippen LogP) is 7.42. The molecule has 0 spiro atoms. The highest BCUT2D eigenvalue weighted by Crippen LogP contribution is 2.36. The highest BCUT2D eigenvalue weighted by atomic mass is 16.2. The number of fused-ring (bicyclic) bond motifs is 1. The van der Waals surface area contributed by atoms with Crippen LogP contribution < -0.4 is 9.80 Å². The molecule has 0 aliphatic carbocycles. The number of carbonyl (C=O) groups excluding carboxylic acids is 2. The maximum Gasteiger partial charge on any atom is 0.227 e. The fraction of sp³-hybridized carbons (Fsp3) is 0.257. The Morgan fingerprint density at radius 3 is 2.13 bits per heavy atom. The van der Waals surface area contributed by atoms with Crippen LogP contribution in [0.25, 0.3) is 22.3 Å². The third kappa shape index (κ3) is 5.24. The molecule has 1 amide bonds. The number of benzene rings is 4. The topological polar surface area (TPSA) is 40.6 Å². The largest absolute Gasteiger partial charge is 0.371 e. The van der Waals surface area contributed by atoms with Crippen LogP contribution in [0.2, 0.25) is 0 Å². The molecule has 2 heterocycles. The molecule has 1 saturated heterocycles. The number of hydrogen-bond donors (Lipinski definition) is 0. The summed E-state index contributed by atoms with van der Waals surface area (Å²) in [5, 5.41) is 0. The Morgan fingerprint density at radius 1 is 0.692 bits per heavy atom. The molecule has 0 unspecified atom stereocenters. The molecule has 1 fully saturated rings. The summed E-state index contributed by atoms with van der Waals surface area (Å²) in [6.45, 7) is 2.76. The minimum atomic E-state index is 0.176. The second-order valence-corrected chi connectivity index (χ2v) is 10.7. The molecular formula is C35H34N2O2. The number of rotatable bonds is 7. The normalized spacial score (nSPS) is 15.7. The van der Waals surface area contributed by atoms with E-state index in [4.69, 9.17) is 0 Å². The number of para-hydroxylation sites is 1. The quantitative estimate of drug-likeness (QED) is 0.241. The minimum Gasteiger partial charge on any atom is -0.371 e. The number of anilines is 2. The second kappa shape index (κ2) is 11.3. The van der Waals surface area contributed by atoms with E-state index in [1.807, 2.05) is 29.2 Å². The van der Waals surface area contributed by atoms with Crippen molar-refractivity contribution in [2.24, 2.45) is 5.92 Å². The van der Waals surface area contributed by atoms with Gasteiger partial charge in [0, 0.05) is 48.6 Å². The summed E-state index contributed by atoms with van der Waals surface area (Å²) in [7, 11) is 0. The third-order valence-electron chi connectivity index (χ3n) is 8.42. The molecule has 0 saturated carbocycles. The Morgan fingerprint density at radius 2 is 1.36 bits per heavy atom. The summed E-state index contributed by atoms with van der Waals surface area (Å²) in [6, 6.07) is 33.9. The van der Waals surface area contributed by atoms with Crippen molar-refractivity contribution in [3.8, 4) is 22.3 Å². The lowest BCUT2D eigenvalue weighted by molar-refractivity contribution is -0.118. The SMILES string of the molecule is O=Cc1cccc2c1CCC(=O)N2CCC1CCN(c2ccccc2-c2ccc(-c3ccccc3)cc2)CC1. The molecule has 0 radical (unpaired) electrons. The van der Waals surface area contributed by atoms with Crippen LogP contribution >= 0.6 is 0 Å². The van der Waals surface area contributed by atoms with E-state index in [2.05, 4.69) is 77.7 Å². The molecule has 4 aromatic rings. The van der Waals surface area contributed by atoms with Crippen LogP contribution in [-0.4, -0.2) is 31.8 Å². The molecule has 2 aliphatic heterocycles. The van der Waals surface area contributed by atoms with Gasteiger partial charge in [0.05, 0.1) is 0 Å². The summed E-state index contributed by atoms with van der Waals surface area (Å²) < 4.78 is 0. The molecule has 4 heteroatoms. The molecule has 2 aliphatic rings. The van der Waals surface area contributed by atoms with Gasteiger partial charge in [0.25, 0.3) is 0 Å². The van der Waals surface area contributed by atoms with E-state index in [0.29, 0.717) is 24.3 Å². The Kier molecular flexibility index (Phi) is 7.27. The average Bonchev–Trinajstić information content (AvgIpc) is 3.01. The summed E-state index contributed by atoms with van der Waals surface area (Å²) >= 11 is 0. The molecular weight excluding hydrogens is 480 g/mol. The van der Waals surface area contributed by atoms with E-state index in [1.165, 1.54) is 27.9 Å². The highest BCUT2D eigenvalue weighted by molar-refractivity contribution is 5.98. The first-order valence-electron chi connectivity index (χ1n) is 14.1. The van der Waals surface area contributed by atoms with E-state index in [1.54, 1.807) is 0 Å². The lowest BCUT2D eigenvalue weighted by Gasteiger charge is -2.36. The zero-order valence-corrected chi connectivity index (χ0v) is 22.3. The Labute approximate surface area is 230 Å². The van der Waals surface area contributed by atoms with Crippen molar-refractivity contribution in [1.82, 2.24) is 0 Å². The molecule has 6 rings (SSSR count). The molecule has 0 aromatic heterocycles. The van der Waals surface area contributed by atoms with Gasteiger partial charge in [0.1, 0.15) is 6.29 Å². The lowest BCUT2D eigenvalue weighted by Crippen LogP contribution is -2.39. The third-order valence-corrected chi connectivity index (χ3v) is 8.42. The molecule has 0 atom stereocenters. The van der Waals surface area contributed by atoms with Crippen LogP contribution in [0.5, 0.6) is 0 Å². The second-order valence-electron chi connectivity index (χ2n) is 10.7. The number of hydrogen-bond acceptors (Lipinski definition) is 3. The van der Waals surface area contributed by atoms with Crippen LogP contribution in [-0.2, 0) is 11.2 Å². The molecule has 196 valence electrons. The maximum atomic E-state index is 12.8. The molecule has 4 nitrogen and oxygen atoms in total. The Bertz CT molecular complexity index is 1450. The van der Waals surface area contributed by atoms with Gasteiger partial charge in [-0.25, -0.2) is 0 Å². The number of carbonyl (C=O) groups is 2. The van der Waals surface area contributed by atoms with Gasteiger partial charge >= 0.3 is 0 Å². The Hall–Kier alpha value is -4.18. The van der Waals surface area contributed by atoms with Crippen molar-refractivity contribution in [2.75, 3.05) is 29.4 Å².